The number of aromatic nitrogens is 4. The van der Waals surface area contributed by atoms with E-state index in [4.69, 9.17) is 9.97 Å². The van der Waals surface area contributed by atoms with Crippen molar-refractivity contribution in [3.63, 3.8) is 0 Å². The summed E-state index contributed by atoms with van der Waals surface area (Å²) in [6, 6.07) is 25.3. The van der Waals surface area contributed by atoms with E-state index in [0.717, 1.165) is 33.5 Å². The number of hydrogen-bond acceptors (Lipinski definition) is 4. The van der Waals surface area contributed by atoms with Crippen molar-refractivity contribution in [2.75, 3.05) is 0 Å². The van der Waals surface area contributed by atoms with Crippen LogP contribution in [0.3, 0.4) is 0 Å². The van der Waals surface area contributed by atoms with Gasteiger partial charge in [-0.25, -0.2) is 4.98 Å². The van der Waals surface area contributed by atoms with Crippen molar-refractivity contribution in [2.45, 2.75) is 0 Å². The zero-order chi connectivity index (χ0) is 21.1. The average molecular weight is 429 g/mol. The predicted molar refractivity (Wildman–Crippen MR) is 132 cm³/mol. The summed E-state index contributed by atoms with van der Waals surface area (Å²) in [6.07, 6.45) is 7.41. The van der Waals surface area contributed by atoms with E-state index in [2.05, 4.69) is 64.1 Å². The zero-order valence-corrected chi connectivity index (χ0v) is 17.8. The van der Waals surface area contributed by atoms with Gasteiger partial charge in [0.2, 0.25) is 0 Å². The third-order valence-corrected chi connectivity index (χ3v) is 7.20. The van der Waals surface area contributed by atoms with E-state index >= 15 is 0 Å². The maximum Gasteiger partial charge on any atom is 0.138 e. The molecule has 0 saturated carbocycles. The van der Waals surface area contributed by atoms with E-state index in [0.29, 0.717) is 0 Å². The molecule has 4 nitrogen and oxygen atoms in total. The molecule has 0 saturated heterocycles. The first kappa shape index (κ1) is 17.6. The molecule has 0 amide bonds. The highest BCUT2D eigenvalue weighted by Crippen LogP contribution is 2.42. The Hall–Kier alpha value is -4.09. The summed E-state index contributed by atoms with van der Waals surface area (Å²) in [4.78, 5) is 13.8. The number of benzene rings is 2. The first-order valence-corrected chi connectivity index (χ1v) is 11.3. The van der Waals surface area contributed by atoms with Gasteiger partial charge >= 0.3 is 0 Å². The summed E-state index contributed by atoms with van der Waals surface area (Å²) in [5, 5.41) is 3.76. The van der Waals surface area contributed by atoms with Crippen molar-refractivity contribution < 1.29 is 0 Å². The molecule has 0 unspecified atom stereocenters. The number of rotatable bonds is 2. The van der Waals surface area contributed by atoms with E-state index in [-0.39, 0.29) is 0 Å². The van der Waals surface area contributed by atoms with Crippen LogP contribution in [-0.2, 0) is 0 Å². The Morgan fingerprint density at radius 2 is 1.62 bits per heavy atom. The molecule has 0 aliphatic heterocycles. The summed E-state index contributed by atoms with van der Waals surface area (Å²) in [7, 11) is 0. The topological polar surface area (TPSA) is 43.6 Å². The second-order valence-electron chi connectivity index (χ2n) is 7.79. The van der Waals surface area contributed by atoms with Gasteiger partial charge in [0.1, 0.15) is 5.82 Å². The maximum absolute atomic E-state index is 4.80. The fourth-order valence-electron chi connectivity index (χ4n) is 4.59. The third kappa shape index (κ3) is 2.46. The third-order valence-electron chi connectivity index (χ3n) is 6.00. The van der Waals surface area contributed by atoms with Gasteiger partial charge < -0.3 is 0 Å². The van der Waals surface area contributed by atoms with E-state index in [1.54, 1.807) is 6.20 Å². The van der Waals surface area contributed by atoms with Crippen LogP contribution < -0.4 is 0 Å². The molecule has 7 aromatic rings. The standard InChI is InChI=1S/C27H16N4S/c1-2-8-23-19(6-1)20-9-10-21-25(27(20)32-23)26-22(7-4-13-30-26)31(21)24-15-17(11-14-29-24)18-5-3-12-28-16-18/h1-16H. The highest BCUT2D eigenvalue weighted by atomic mass is 32.1. The molecule has 0 fully saturated rings. The van der Waals surface area contributed by atoms with Crippen LogP contribution in [0.4, 0.5) is 0 Å². The quantitative estimate of drug-likeness (QED) is 0.298. The largest absolute Gasteiger partial charge is 0.292 e. The number of nitrogens with zero attached hydrogens (tertiary/aromatic N) is 4. The van der Waals surface area contributed by atoms with Crippen LogP contribution in [0.5, 0.6) is 0 Å². The Bertz CT molecular complexity index is 1780. The van der Waals surface area contributed by atoms with Gasteiger partial charge in [-0.2, -0.15) is 0 Å². The van der Waals surface area contributed by atoms with Gasteiger partial charge in [0.25, 0.3) is 0 Å². The molecule has 0 radical (unpaired) electrons. The molecule has 0 aliphatic rings. The summed E-state index contributed by atoms with van der Waals surface area (Å²) in [6.45, 7) is 0. The first-order valence-electron chi connectivity index (χ1n) is 10.4. The Labute approximate surface area is 187 Å². The molecule has 150 valence electrons. The molecular formula is C27H16N4S. The molecule has 5 aromatic heterocycles. The number of pyridine rings is 3. The monoisotopic (exact) mass is 428 g/mol. The Kier molecular flexibility index (Phi) is 3.68. The lowest BCUT2D eigenvalue weighted by molar-refractivity contribution is 1.08. The lowest BCUT2D eigenvalue weighted by Gasteiger charge is -2.09. The van der Waals surface area contributed by atoms with Gasteiger partial charge in [-0.3, -0.25) is 14.5 Å². The van der Waals surface area contributed by atoms with Crippen LogP contribution in [-0.4, -0.2) is 19.5 Å². The fraction of sp³-hybridized carbons (Fsp3) is 0. The van der Waals surface area contributed by atoms with Gasteiger partial charge in [-0.05, 0) is 48.0 Å². The van der Waals surface area contributed by atoms with Crippen molar-refractivity contribution in [1.29, 1.82) is 0 Å². The SMILES string of the molecule is c1cncc(-c2ccnc(-n3c4cccnc4c4c5sc6ccccc6c5ccc43)c2)c1. The molecule has 0 atom stereocenters. The fourth-order valence-corrected chi connectivity index (χ4v) is 5.84. The first-order chi connectivity index (χ1) is 15.9. The van der Waals surface area contributed by atoms with Gasteiger partial charge in [0.05, 0.1) is 16.6 Å². The second-order valence-corrected chi connectivity index (χ2v) is 8.84. The average Bonchev–Trinajstić information content (AvgIpc) is 3.40. The summed E-state index contributed by atoms with van der Waals surface area (Å²) >= 11 is 1.83. The minimum Gasteiger partial charge on any atom is -0.292 e. The number of fused-ring (bicyclic) bond motifs is 7. The van der Waals surface area contributed by atoms with E-state index in [9.17, 15) is 0 Å². The smallest absolute Gasteiger partial charge is 0.138 e. The van der Waals surface area contributed by atoms with E-state index in [1.807, 2.05) is 48.1 Å². The highest BCUT2D eigenvalue weighted by molar-refractivity contribution is 7.26. The maximum atomic E-state index is 4.80. The van der Waals surface area contributed by atoms with Crippen LogP contribution in [0, 0.1) is 0 Å². The molecule has 5 heterocycles. The van der Waals surface area contributed by atoms with Gasteiger partial charge in [0.15, 0.2) is 0 Å². The second kappa shape index (κ2) is 6.70. The number of thiophene rings is 1. The molecule has 5 heteroatoms. The lowest BCUT2D eigenvalue weighted by atomic mass is 10.1. The zero-order valence-electron chi connectivity index (χ0n) is 16.9. The molecule has 0 N–H and O–H groups in total. The molecule has 7 rings (SSSR count). The molecule has 0 aliphatic carbocycles. The molecule has 2 aromatic carbocycles. The minimum atomic E-state index is 0.875. The molecule has 0 spiro atoms. The molecule has 32 heavy (non-hydrogen) atoms. The van der Waals surface area contributed by atoms with Crippen LogP contribution >= 0.6 is 11.3 Å². The van der Waals surface area contributed by atoms with Crippen molar-refractivity contribution in [3.8, 4) is 16.9 Å². The van der Waals surface area contributed by atoms with Crippen molar-refractivity contribution >= 4 is 53.4 Å². The van der Waals surface area contributed by atoms with Crippen LogP contribution in [0.2, 0.25) is 0 Å². The van der Waals surface area contributed by atoms with Crippen molar-refractivity contribution in [2.24, 2.45) is 0 Å². The van der Waals surface area contributed by atoms with Gasteiger partial charge in [-0.1, -0.05) is 30.3 Å². The molecule has 0 bridgehead atoms. The highest BCUT2D eigenvalue weighted by Gasteiger charge is 2.18. The lowest BCUT2D eigenvalue weighted by Crippen LogP contribution is -1.97. The van der Waals surface area contributed by atoms with Gasteiger partial charge in [0, 0.05) is 55.9 Å². The van der Waals surface area contributed by atoms with Crippen LogP contribution in [0.15, 0.2) is 97.6 Å². The Morgan fingerprint density at radius 1 is 0.688 bits per heavy atom. The minimum absolute atomic E-state index is 0.875. The molecular weight excluding hydrogens is 412 g/mol. The van der Waals surface area contributed by atoms with Crippen LogP contribution in [0.25, 0.3) is 59.1 Å². The summed E-state index contributed by atoms with van der Waals surface area (Å²) in [5.74, 6) is 0.875. The Balaban J connectivity index is 1.59. The normalized spacial score (nSPS) is 11.8. The Morgan fingerprint density at radius 3 is 2.56 bits per heavy atom. The van der Waals surface area contributed by atoms with Gasteiger partial charge in [-0.15, -0.1) is 11.3 Å². The number of hydrogen-bond donors (Lipinski definition) is 0. The summed E-state index contributed by atoms with van der Waals surface area (Å²) in [5.41, 5.74) is 5.34. The van der Waals surface area contributed by atoms with E-state index in [1.165, 1.54) is 25.6 Å². The van der Waals surface area contributed by atoms with Crippen molar-refractivity contribution in [1.82, 2.24) is 19.5 Å². The van der Waals surface area contributed by atoms with Crippen molar-refractivity contribution in [3.05, 3.63) is 97.6 Å². The van der Waals surface area contributed by atoms with Crippen LogP contribution in [0.1, 0.15) is 0 Å². The van der Waals surface area contributed by atoms with E-state index < -0.39 is 0 Å². The predicted octanol–water partition coefficient (Wildman–Crippen LogP) is 7.00. The summed E-state index contributed by atoms with van der Waals surface area (Å²) < 4.78 is 4.79.